The molecule has 0 bridgehead atoms. The number of carbonyl (C=O) groups excluding carboxylic acids is 2. The summed E-state index contributed by atoms with van der Waals surface area (Å²) in [5.41, 5.74) is 1.70. The fourth-order valence-corrected chi connectivity index (χ4v) is 2.39. The number of hydrogen-bond acceptors (Lipinski definition) is 5. The van der Waals surface area contributed by atoms with Gasteiger partial charge < -0.3 is 20.3 Å². The quantitative estimate of drug-likeness (QED) is 0.666. The van der Waals surface area contributed by atoms with Crippen molar-refractivity contribution in [2.24, 2.45) is 0 Å². The smallest absolute Gasteiger partial charge is 0.252 e. The van der Waals surface area contributed by atoms with Crippen LogP contribution in [-0.4, -0.2) is 47.8 Å². The third-order valence-electron chi connectivity index (χ3n) is 3.85. The van der Waals surface area contributed by atoms with Gasteiger partial charge in [-0.3, -0.25) is 9.59 Å². The number of ether oxygens (including phenoxy) is 1. The molecule has 27 heavy (non-hydrogen) atoms. The fraction of sp³-hybridized carbons (Fsp3) is 0.238. The second kappa shape index (κ2) is 9.53. The average Bonchev–Trinajstić information content (AvgIpc) is 2.70. The summed E-state index contributed by atoms with van der Waals surface area (Å²) >= 11 is 0. The van der Waals surface area contributed by atoms with Crippen LogP contribution >= 0.6 is 0 Å². The first kappa shape index (κ1) is 20.2. The van der Waals surface area contributed by atoms with E-state index in [1.807, 2.05) is 30.3 Å². The van der Waals surface area contributed by atoms with E-state index in [-0.39, 0.29) is 5.56 Å². The van der Waals surface area contributed by atoms with E-state index in [4.69, 9.17) is 9.84 Å². The zero-order valence-electron chi connectivity index (χ0n) is 15.1. The average molecular weight is 367 g/mol. The van der Waals surface area contributed by atoms with Gasteiger partial charge in [0.15, 0.2) is 5.78 Å². The molecule has 2 rings (SSSR count). The second-order valence-corrected chi connectivity index (χ2v) is 5.85. The highest BCUT2D eigenvalue weighted by Crippen LogP contribution is 2.20. The molecule has 0 spiro atoms. The minimum Gasteiger partial charge on any atom is -0.495 e. The topological polar surface area (TPSA) is 95.9 Å². The lowest BCUT2D eigenvalue weighted by atomic mass is 10.1. The molecule has 2 aromatic rings. The van der Waals surface area contributed by atoms with Crippen molar-refractivity contribution in [3.8, 4) is 17.6 Å². The number of hydrogen-bond donors (Lipinski definition) is 3. The van der Waals surface area contributed by atoms with E-state index in [0.29, 0.717) is 11.3 Å². The lowest BCUT2D eigenvalue weighted by Crippen LogP contribution is -2.48. The van der Waals surface area contributed by atoms with Gasteiger partial charge in [0, 0.05) is 11.1 Å². The van der Waals surface area contributed by atoms with Crippen molar-refractivity contribution in [2.75, 3.05) is 13.7 Å². The van der Waals surface area contributed by atoms with Crippen LogP contribution in [0.4, 0.5) is 0 Å². The summed E-state index contributed by atoms with van der Waals surface area (Å²) < 4.78 is 5.31. The molecule has 0 fully saturated rings. The van der Waals surface area contributed by atoms with Gasteiger partial charge >= 0.3 is 0 Å². The van der Waals surface area contributed by atoms with Crippen LogP contribution in [0.2, 0.25) is 0 Å². The maximum atomic E-state index is 12.4. The van der Waals surface area contributed by atoms with E-state index < -0.39 is 30.4 Å². The van der Waals surface area contributed by atoms with E-state index in [1.54, 1.807) is 12.1 Å². The first-order chi connectivity index (χ1) is 13.0. The number of Topliss-reactive ketones (excluding diaryl/α,β-unsaturated/α-hetero) is 1. The van der Waals surface area contributed by atoms with Crippen LogP contribution < -0.4 is 10.1 Å². The van der Waals surface area contributed by atoms with E-state index >= 15 is 0 Å². The van der Waals surface area contributed by atoms with E-state index in [9.17, 15) is 14.7 Å². The van der Waals surface area contributed by atoms with Gasteiger partial charge in [-0.15, -0.1) is 0 Å². The van der Waals surface area contributed by atoms with Gasteiger partial charge in [-0.1, -0.05) is 30.0 Å². The molecule has 1 amide bonds. The predicted octanol–water partition coefficient (Wildman–Crippen LogP) is 1.14. The van der Waals surface area contributed by atoms with Gasteiger partial charge in [0.25, 0.3) is 5.91 Å². The summed E-state index contributed by atoms with van der Waals surface area (Å²) in [5.74, 6) is 5.19. The van der Waals surface area contributed by atoms with Crippen LogP contribution in [0.25, 0.3) is 0 Å². The number of aliphatic hydroxyl groups excluding tert-OH is 2. The van der Waals surface area contributed by atoms with Crippen molar-refractivity contribution in [1.29, 1.82) is 0 Å². The summed E-state index contributed by atoms with van der Waals surface area (Å²) in [6.07, 6.45) is -1.13. The van der Waals surface area contributed by atoms with Crippen LogP contribution in [0.1, 0.15) is 28.4 Å². The molecule has 2 aromatic carbocycles. The van der Waals surface area contributed by atoms with Gasteiger partial charge in [0.2, 0.25) is 0 Å². The Balaban J connectivity index is 2.23. The number of nitrogens with one attached hydrogen (secondary N) is 1. The number of carbonyl (C=O) groups is 2. The summed E-state index contributed by atoms with van der Waals surface area (Å²) in [7, 11) is 1.47. The van der Waals surface area contributed by atoms with Crippen molar-refractivity contribution in [3.05, 3.63) is 65.2 Å². The minimum atomic E-state index is -1.19. The molecule has 0 heterocycles. The molecule has 0 radical (unpaired) electrons. The number of methoxy groups -OCH3 is 1. The Hall–Kier alpha value is -3.14. The zero-order chi connectivity index (χ0) is 19.8. The summed E-state index contributed by atoms with van der Waals surface area (Å²) in [6, 6.07) is 13.0. The van der Waals surface area contributed by atoms with Crippen LogP contribution in [-0.2, 0) is 4.79 Å². The van der Waals surface area contributed by atoms with Crippen molar-refractivity contribution < 1.29 is 24.5 Å². The molecule has 0 aliphatic rings. The molecule has 0 aliphatic carbocycles. The monoisotopic (exact) mass is 367 g/mol. The Morgan fingerprint density at radius 2 is 1.85 bits per heavy atom. The first-order valence-electron chi connectivity index (χ1n) is 8.34. The van der Waals surface area contributed by atoms with Gasteiger partial charge in [0.1, 0.15) is 18.4 Å². The third-order valence-corrected chi connectivity index (χ3v) is 3.85. The fourth-order valence-electron chi connectivity index (χ4n) is 2.39. The number of amides is 1. The van der Waals surface area contributed by atoms with Crippen molar-refractivity contribution in [1.82, 2.24) is 5.32 Å². The van der Waals surface area contributed by atoms with Crippen LogP contribution in [0.3, 0.4) is 0 Å². The maximum absolute atomic E-state index is 12.4. The lowest BCUT2D eigenvalue weighted by molar-refractivity contribution is -0.125. The number of ketones is 1. The lowest BCUT2D eigenvalue weighted by Gasteiger charge is -2.19. The van der Waals surface area contributed by atoms with Crippen molar-refractivity contribution in [3.63, 3.8) is 0 Å². The third kappa shape index (κ3) is 5.42. The largest absolute Gasteiger partial charge is 0.495 e. The van der Waals surface area contributed by atoms with Crippen molar-refractivity contribution >= 4 is 11.7 Å². The second-order valence-electron chi connectivity index (χ2n) is 5.85. The molecule has 0 saturated carbocycles. The molecule has 140 valence electrons. The predicted molar refractivity (Wildman–Crippen MR) is 100 cm³/mol. The summed E-state index contributed by atoms with van der Waals surface area (Å²) in [6.45, 7) is 0.592. The molecule has 0 unspecified atom stereocenters. The highest BCUT2D eigenvalue weighted by molar-refractivity contribution is 5.98. The Morgan fingerprint density at radius 3 is 2.44 bits per heavy atom. The highest BCUT2D eigenvalue weighted by atomic mass is 16.5. The Labute approximate surface area is 157 Å². The molecule has 6 nitrogen and oxygen atoms in total. The maximum Gasteiger partial charge on any atom is 0.252 e. The SMILES string of the molecule is COc1cc(C(=O)N[C@H](C(=O)CO)[C@@H](C)O)ccc1C#Cc1ccccc1. The Kier molecular flexibility index (Phi) is 7.12. The molecular formula is C21H21NO5. The van der Waals surface area contributed by atoms with E-state index in [0.717, 1.165) is 5.56 Å². The number of benzene rings is 2. The van der Waals surface area contributed by atoms with Crippen LogP contribution in [0.5, 0.6) is 5.75 Å². The van der Waals surface area contributed by atoms with Gasteiger partial charge in [-0.05, 0) is 37.3 Å². The Morgan fingerprint density at radius 1 is 1.15 bits per heavy atom. The number of rotatable bonds is 6. The van der Waals surface area contributed by atoms with Gasteiger partial charge in [0.05, 0.1) is 18.8 Å². The number of aliphatic hydroxyl groups is 2. The van der Waals surface area contributed by atoms with E-state index in [2.05, 4.69) is 17.2 Å². The molecule has 2 atom stereocenters. The first-order valence-corrected chi connectivity index (χ1v) is 8.34. The van der Waals surface area contributed by atoms with E-state index in [1.165, 1.54) is 20.1 Å². The molecule has 0 aliphatic heterocycles. The van der Waals surface area contributed by atoms with Crippen LogP contribution in [0, 0.1) is 11.8 Å². The molecule has 3 N–H and O–H groups in total. The van der Waals surface area contributed by atoms with Crippen LogP contribution in [0.15, 0.2) is 48.5 Å². The Bertz CT molecular complexity index is 865. The van der Waals surface area contributed by atoms with Crippen molar-refractivity contribution in [2.45, 2.75) is 19.1 Å². The van der Waals surface area contributed by atoms with Gasteiger partial charge in [-0.2, -0.15) is 0 Å². The molecular weight excluding hydrogens is 346 g/mol. The highest BCUT2D eigenvalue weighted by Gasteiger charge is 2.25. The molecule has 0 aromatic heterocycles. The standard InChI is InChI=1S/C21H21NO5/c1-14(24)20(18(25)13-23)22-21(26)17-11-10-16(19(12-17)27-2)9-8-15-6-4-3-5-7-15/h3-7,10-12,14,20,23-24H,13H2,1-2H3,(H,22,26)/t14-,20+/m1/s1. The molecule has 0 saturated heterocycles. The minimum absolute atomic E-state index is 0.244. The normalized spacial score (nSPS) is 12.3. The molecule has 6 heteroatoms. The van der Waals surface area contributed by atoms with Gasteiger partial charge in [-0.25, -0.2) is 0 Å². The summed E-state index contributed by atoms with van der Waals surface area (Å²) in [4.78, 5) is 24.0. The summed E-state index contributed by atoms with van der Waals surface area (Å²) in [5, 5.41) is 21.0. The zero-order valence-corrected chi connectivity index (χ0v) is 15.1.